The number of nitrogen functional groups attached to an aromatic ring is 1. The van der Waals surface area contributed by atoms with Crippen LogP contribution < -0.4 is 11.1 Å². The number of carbonyl (C=O) groups is 1. The zero-order chi connectivity index (χ0) is 11.4. The van der Waals surface area contributed by atoms with E-state index in [1.807, 2.05) is 0 Å². The van der Waals surface area contributed by atoms with Gasteiger partial charge in [-0.2, -0.15) is 0 Å². The lowest BCUT2D eigenvalue weighted by Crippen LogP contribution is -2.26. The highest BCUT2D eigenvalue weighted by molar-refractivity contribution is 6.33. The molecule has 3 N–H and O–H groups in total. The first kappa shape index (κ1) is 11.8. The Balaban J connectivity index is 2.73. The largest absolute Gasteiger partial charge is 0.398 e. The molecule has 0 saturated carbocycles. The van der Waals surface area contributed by atoms with Gasteiger partial charge in [0.25, 0.3) is 5.91 Å². The Labute approximate surface area is 93.4 Å². The topological polar surface area (TPSA) is 64.3 Å². The summed E-state index contributed by atoms with van der Waals surface area (Å²) in [7, 11) is 1.47. The molecule has 4 nitrogen and oxygen atoms in total. The predicted octanol–water partition coefficient (Wildman–Crippen LogP) is 1.90. The van der Waals surface area contributed by atoms with E-state index in [-0.39, 0.29) is 5.91 Å². The molecule has 0 aromatic heterocycles. The Morgan fingerprint density at radius 3 is 2.80 bits per heavy atom. The van der Waals surface area contributed by atoms with Crippen LogP contribution in [-0.2, 0) is 9.53 Å². The first-order valence-corrected chi connectivity index (χ1v) is 4.81. The molecule has 15 heavy (non-hydrogen) atoms. The minimum atomic E-state index is -0.499. The van der Waals surface area contributed by atoms with Gasteiger partial charge in [0.1, 0.15) is 6.10 Å². The summed E-state index contributed by atoms with van der Waals surface area (Å²) in [5.74, 6) is -0.224. The van der Waals surface area contributed by atoms with Crippen molar-refractivity contribution in [2.75, 3.05) is 18.2 Å². The average Bonchev–Trinajstić information content (AvgIpc) is 2.22. The average molecular weight is 229 g/mol. The number of hydrogen-bond donors (Lipinski definition) is 2. The van der Waals surface area contributed by atoms with E-state index in [1.54, 1.807) is 25.1 Å². The van der Waals surface area contributed by atoms with Crippen molar-refractivity contribution in [3.05, 3.63) is 23.2 Å². The molecule has 1 unspecified atom stereocenters. The van der Waals surface area contributed by atoms with E-state index in [0.717, 1.165) is 0 Å². The summed E-state index contributed by atoms with van der Waals surface area (Å²) in [6.07, 6.45) is -0.499. The van der Waals surface area contributed by atoms with E-state index in [2.05, 4.69) is 5.32 Å². The second-order valence-electron chi connectivity index (χ2n) is 3.10. The van der Waals surface area contributed by atoms with Gasteiger partial charge in [-0.05, 0) is 25.1 Å². The van der Waals surface area contributed by atoms with Gasteiger partial charge in [0.15, 0.2) is 0 Å². The van der Waals surface area contributed by atoms with Gasteiger partial charge in [-0.3, -0.25) is 4.79 Å². The van der Waals surface area contributed by atoms with Crippen molar-refractivity contribution in [2.24, 2.45) is 0 Å². The molecule has 5 heteroatoms. The maximum Gasteiger partial charge on any atom is 0.253 e. The fraction of sp³-hybridized carbons (Fsp3) is 0.300. The molecular formula is C10H13ClN2O2. The van der Waals surface area contributed by atoms with E-state index >= 15 is 0 Å². The molecule has 0 aliphatic heterocycles. The Kier molecular flexibility index (Phi) is 3.94. The first-order valence-electron chi connectivity index (χ1n) is 4.43. The summed E-state index contributed by atoms with van der Waals surface area (Å²) in [6.45, 7) is 1.66. The number of halogens is 1. The van der Waals surface area contributed by atoms with Crippen molar-refractivity contribution in [3.8, 4) is 0 Å². The first-order chi connectivity index (χ1) is 7.04. The lowest BCUT2D eigenvalue weighted by molar-refractivity contribution is -0.124. The number of ether oxygens (including phenoxy) is 1. The molecule has 0 bridgehead atoms. The number of rotatable bonds is 3. The minimum Gasteiger partial charge on any atom is -0.398 e. The summed E-state index contributed by atoms with van der Waals surface area (Å²) < 4.78 is 4.87. The normalized spacial score (nSPS) is 12.2. The van der Waals surface area contributed by atoms with Crippen LogP contribution in [0.2, 0.25) is 5.02 Å². The van der Waals surface area contributed by atoms with Crippen LogP contribution in [0.3, 0.4) is 0 Å². The Morgan fingerprint density at radius 2 is 2.27 bits per heavy atom. The fourth-order valence-electron chi connectivity index (χ4n) is 0.956. The minimum absolute atomic E-state index is 0.224. The van der Waals surface area contributed by atoms with E-state index in [9.17, 15) is 4.79 Å². The second kappa shape index (κ2) is 5.00. The molecular weight excluding hydrogens is 216 g/mol. The van der Waals surface area contributed by atoms with Gasteiger partial charge in [-0.15, -0.1) is 0 Å². The van der Waals surface area contributed by atoms with Crippen molar-refractivity contribution < 1.29 is 9.53 Å². The standard InChI is InChI=1S/C10H13ClN2O2/c1-6(15-2)10(14)13-7-3-4-9(12)8(11)5-7/h3-6H,12H2,1-2H3,(H,13,14). The number of carbonyl (C=O) groups excluding carboxylic acids is 1. The van der Waals surface area contributed by atoms with Crippen molar-refractivity contribution in [3.63, 3.8) is 0 Å². The molecule has 0 heterocycles. The summed E-state index contributed by atoms with van der Waals surface area (Å²) >= 11 is 5.80. The summed E-state index contributed by atoms with van der Waals surface area (Å²) in [6, 6.07) is 4.91. The Morgan fingerprint density at radius 1 is 1.60 bits per heavy atom. The number of nitrogens with two attached hydrogens (primary N) is 1. The third-order valence-corrected chi connectivity index (χ3v) is 2.32. The molecule has 1 aromatic rings. The third kappa shape index (κ3) is 3.11. The van der Waals surface area contributed by atoms with Gasteiger partial charge in [0.2, 0.25) is 0 Å². The van der Waals surface area contributed by atoms with Crippen LogP contribution >= 0.6 is 11.6 Å². The highest BCUT2D eigenvalue weighted by atomic mass is 35.5. The molecule has 1 aromatic carbocycles. The van der Waals surface area contributed by atoms with Gasteiger partial charge in [-0.25, -0.2) is 0 Å². The third-order valence-electron chi connectivity index (χ3n) is 1.99. The number of anilines is 2. The SMILES string of the molecule is COC(C)C(=O)Nc1ccc(N)c(Cl)c1. The molecule has 82 valence electrons. The molecule has 0 radical (unpaired) electrons. The summed E-state index contributed by atoms with van der Waals surface area (Å²) in [5.41, 5.74) is 6.62. The van der Waals surface area contributed by atoms with Crippen LogP contribution in [0.4, 0.5) is 11.4 Å². The number of nitrogens with one attached hydrogen (secondary N) is 1. The number of methoxy groups -OCH3 is 1. The van der Waals surface area contributed by atoms with Crippen LogP contribution in [0, 0.1) is 0 Å². The summed E-state index contributed by atoms with van der Waals surface area (Å²) in [5, 5.41) is 3.07. The van der Waals surface area contributed by atoms with E-state index in [4.69, 9.17) is 22.1 Å². The van der Waals surface area contributed by atoms with Crippen molar-refractivity contribution in [2.45, 2.75) is 13.0 Å². The van der Waals surface area contributed by atoms with E-state index in [1.165, 1.54) is 7.11 Å². The van der Waals surface area contributed by atoms with Crippen molar-refractivity contribution in [1.29, 1.82) is 0 Å². The molecule has 0 aliphatic carbocycles. The van der Waals surface area contributed by atoms with Gasteiger partial charge in [0.05, 0.1) is 10.7 Å². The Bertz CT molecular complexity index is 368. The van der Waals surface area contributed by atoms with Crippen LogP contribution in [0.5, 0.6) is 0 Å². The van der Waals surface area contributed by atoms with Crippen molar-refractivity contribution in [1.82, 2.24) is 0 Å². The molecule has 0 fully saturated rings. The van der Waals surface area contributed by atoms with Gasteiger partial charge >= 0.3 is 0 Å². The zero-order valence-electron chi connectivity index (χ0n) is 8.58. The van der Waals surface area contributed by atoms with Gasteiger partial charge in [-0.1, -0.05) is 11.6 Å². The quantitative estimate of drug-likeness (QED) is 0.777. The van der Waals surface area contributed by atoms with Gasteiger partial charge < -0.3 is 15.8 Å². The maximum atomic E-state index is 11.4. The van der Waals surface area contributed by atoms with Crippen LogP contribution in [-0.4, -0.2) is 19.1 Å². The number of benzene rings is 1. The fourth-order valence-corrected chi connectivity index (χ4v) is 1.14. The van der Waals surface area contributed by atoms with Gasteiger partial charge in [0, 0.05) is 12.8 Å². The molecule has 0 spiro atoms. The number of amides is 1. The highest BCUT2D eigenvalue weighted by Gasteiger charge is 2.11. The molecule has 0 saturated heterocycles. The monoisotopic (exact) mass is 228 g/mol. The second-order valence-corrected chi connectivity index (χ2v) is 3.51. The Hall–Kier alpha value is -1.26. The zero-order valence-corrected chi connectivity index (χ0v) is 9.34. The summed E-state index contributed by atoms with van der Waals surface area (Å²) in [4.78, 5) is 11.4. The van der Waals surface area contributed by atoms with Crippen LogP contribution in [0.1, 0.15) is 6.92 Å². The molecule has 1 atom stereocenters. The predicted molar refractivity (Wildman–Crippen MR) is 61.0 cm³/mol. The molecule has 1 rings (SSSR count). The van der Waals surface area contributed by atoms with Crippen molar-refractivity contribution >= 4 is 28.9 Å². The number of hydrogen-bond acceptors (Lipinski definition) is 3. The van der Waals surface area contributed by atoms with Crippen LogP contribution in [0.25, 0.3) is 0 Å². The molecule has 0 aliphatic rings. The molecule has 1 amide bonds. The van der Waals surface area contributed by atoms with Crippen LogP contribution in [0.15, 0.2) is 18.2 Å². The maximum absolute atomic E-state index is 11.4. The smallest absolute Gasteiger partial charge is 0.253 e. The lowest BCUT2D eigenvalue weighted by Gasteiger charge is -2.10. The highest BCUT2D eigenvalue weighted by Crippen LogP contribution is 2.22. The van der Waals surface area contributed by atoms with E-state index < -0.39 is 6.10 Å². The lowest BCUT2D eigenvalue weighted by atomic mass is 10.2. The van der Waals surface area contributed by atoms with E-state index in [0.29, 0.717) is 16.4 Å².